The molecule has 0 saturated carbocycles. The molecule has 0 fully saturated rings. The Morgan fingerprint density at radius 3 is 2.52 bits per heavy atom. The normalized spacial score (nSPS) is 19.0. The number of phenols is 2. The molecule has 5 rings (SSSR count). The molecule has 1 spiro atoms. The molecule has 0 amide bonds. The fourth-order valence-electron chi connectivity index (χ4n) is 4.81. The number of halogens is 2. The molecular formula is C25H21Cl2NO5. The van der Waals surface area contributed by atoms with Gasteiger partial charge in [0, 0.05) is 47.6 Å². The van der Waals surface area contributed by atoms with E-state index in [1.165, 1.54) is 18.2 Å². The molecule has 2 unspecified atom stereocenters. The Hall–Kier alpha value is -2.93. The Labute approximate surface area is 200 Å². The summed E-state index contributed by atoms with van der Waals surface area (Å²) in [5.74, 6) is 0.777. The summed E-state index contributed by atoms with van der Waals surface area (Å²) in [6.07, 6.45) is 0. The number of ether oxygens (including phenoxy) is 2. The summed E-state index contributed by atoms with van der Waals surface area (Å²) in [6, 6.07) is 14.6. The molecule has 0 aliphatic carbocycles. The van der Waals surface area contributed by atoms with Gasteiger partial charge in [-0.1, -0.05) is 18.2 Å². The van der Waals surface area contributed by atoms with Gasteiger partial charge in [0.25, 0.3) is 0 Å². The van der Waals surface area contributed by atoms with Crippen LogP contribution in [0.4, 0.5) is 0 Å². The number of nitrogens with zero attached hydrogens (tertiary/aromatic N) is 1. The maximum absolute atomic E-state index is 13.1. The van der Waals surface area contributed by atoms with Crippen molar-refractivity contribution in [3.8, 4) is 23.0 Å². The van der Waals surface area contributed by atoms with E-state index in [0.717, 1.165) is 0 Å². The van der Waals surface area contributed by atoms with Gasteiger partial charge in [-0.3, -0.25) is 4.90 Å². The monoisotopic (exact) mass is 485 g/mol. The fourth-order valence-corrected chi connectivity index (χ4v) is 5.48. The Morgan fingerprint density at radius 2 is 1.76 bits per heavy atom. The van der Waals surface area contributed by atoms with Gasteiger partial charge in [0.15, 0.2) is 5.60 Å². The van der Waals surface area contributed by atoms with Crippen molar-refractivity contribution in [2.75, 3.05) is 25.4 Å². The Bertz CT molecular complexity index is 1260. The predicted molar refractivity (Wildman–Crippen MR) is 125 cm³/mol. The number of hydrogen-bond acceptors (Lipinski definition) is 6. The second-order valence-corrected chi connectivity index (χ2v) is 8.83. The first-order valence-corrected chi connectivity index (χ1v) is 11.5. The third kappa shape index (κ3) is 3.24. The van der Waals surface area contributed by atoms with Crippen molar-refractivity contribution in [3.63, 3.8) is 0 Å². The number of fused-ring (bicyclic) bond motifs is 6. The van der Waals surface area contributed by atoms with Crippen LogP contribution < -0.4 is 4.74 Å². The van der Waals surface area contributed by atoms with Crippen LogP contribution in [-0.4, -0.2) is 46.4 Å². The number of hydrogen-bond donors (Lipinski definition) is 2. The predicted octanol–water partition coefficient (Wildman–Crippen LogP) is 5.12. The summed E-state index contributed by atoms with van der Waals surface area (Å²) in [4.78, 5) is 15.0. The third-order valence-corrected chi connectivity index (χ3v) is 6.74. The zero-order chi connectivity index (χ0) is 23.3. The maximum Gasteiger partial charge on any atom is 0.340 e. The molecule has 0 bridgehead atoms. The van der Waals surface area contributed by atoms with Gasteiger partial charge in [-0.25, -0.2) is 4.79 Å². The van der Waals surface area contributed by atoms with Crippen LogP contribution in [0.3, 0.4) is 0 Å². The zero-order valence-corrected chi connectivity index (χ0v) is 19.2. The highest BCUT2D eigenvalue weighted by atomic mass is 35.5. The lowest BCUT2D eigenvalue weighted by Gasteiger charge is -2.40. The summed E-state index contributed by atoms with van der Waals surface area (Å²) in [5, 5.41) is 20.7. The summed E-state index contributed by atoms with van der Waals surface area (Å²) in [6.45, 7) is 0.554. The molecule has 2 heterocycles. The van der Waals surface area contributed by atoms with Gasteiger partial charge in [0.1, 0.15) is 23.0 Å². The van der Waals surface area contributed by atoms with Crippen LogP contribution in [0, 0.1) is 0 Å². The highest BCUT2D eigenvalue weighted by molar-refractivity contribution is 6.18. The summed E-state index contributed by atoms with van der Waals surface area (Å²) < 4.78 is 12.4. The average Bonchev–Trinajstić information content (AvgIpc) is 3.07. The number of esters is 1. The van der Waals surface area contributed by atoms with E-state index in [0.29, 0.717) is 51.7 Å². The van der Waals surface area contributed by atoms with Gasteiger partial charge in [-0.15, -0.1) is 23.2 Å². The van der Waals surface area contributed by atoms with E-state index in [-0.39, 0.29) is 23.4 Å². The highest BCUT2D eigenvalue weighted by Crippen LogP contribution is 2.59. The molecule has 33 heavy (non-hydrogen) atoms. The van der Waals surface area contributed by atoms with E-state index >= 15 is 0 Å². The minimum Gasteiger partial charge on any atom is -0.508 e. The first-order chi connectivity index (χ1) is 15.9. The lowest BCUT2D eigenvalue weighted by atomic mass is 9.74. The summed E-state index contributed by atoms with van der Waals surface area (Å²) in [7, 11) is 1.89. The number of carbonyl (C=O) groups is 1. The number of alkyl halides is 2. The van der Waals surface area contributed by atoms with Crippen molar-refractivity contribution >= 4 is 29.2 Å². The lowest BCUT2D eigenvalue weighted by Crippen LogP contribution is -2.37. The van der Waals surface area contributed by atoms with Gasteiger partial charge in [-0.2, -0.15) is 0 Å². The minimum atomic E-state index is -1.33. The highest BCUT2D eigenvalue weighted by Gasteiger charge is 2.55. The van der Waals surface area contributed by atoms with Gasteiger partial charge < -0.3 is 19.7 Å². The van der Waals surface area contributed by atoms with Crippen LogP contribution in [0.15, 0.2) is 54.6 Å². The van der Waals surface area contributed by atoms with Crippen molar-refractivity contribution in [2.24, 2.45) is 0 Å². The Balaban J connectivity index is 1.87. The van der Waals surface area contributed by atoms with Crippen LogP contribution in [-0.2, 0) is 10.3 Å². The fraction of sp³-hybridized carbons (Fsp3) is 0.240. The Kier molecular flexibility index (Phi) is 5.40. The average molecular weight is 486 g/mol. The molecule has 8 heteroatoms. The summed E-state index contributed by atoms with van der Waals surface area (Å²) >= 11 is 12.4. The van der Waals surface area contributed by atoms with Gasteiger partial charge in [-0.05, 0) is 36.9 Å². The molecule has 2 aliphatic heterocycles. The van der Waals surface area contributed by atoms with Gasteiger partial charge in [0.05, 0.1) is 11.1 Å². The molecule has 0 radical (unpaired) electrons. The molecule has 0 aromatic heterocycles. The standard InChI is InChI=1S/C25H21Cl2NO5/c1-28(9-8-26)20(13-27)17-10-15(30)12-22-23(17)25(19-7-6-14(29)11-21(19)32-22)18-5-3-2-4-16(18)24(31)33-25/h2-7,10-12,20,29-30H,8-9,13H2,1H3. The van der Waals surface area contributed by atoms with E-state index in [1.54, 1.807) is 24.3 Å². The third-order valence-electron chi connectivity index (χ3n) is 6.28. The quantitative estimate of drug-likeness (QED) is 0.385. The minimum absolute atomic E-state index is 0.00538. The van der Waals surface area contributed by atoms with Crippen LogP contribution in [0.2, 0.25) is 0 Å². The lowest BCUT2D eigenvalue weighted by molar-refractivity contribution is 0.0217. The van der Waals surface area contributed by atoms with Crippen LogP contribution in [0.25, 0.3) is 0 Å². The molecule has 2 atom stereocenters. The van der Waals surface area contributed by atoms with Crippen LogP contribution in [0.5, 0.6) is 23.0 Å². The van der Waals surface area contributed by atoms with E-state index in [4.69, 9.17) is 32.7 Å². The topological polar surface area (TPSA) is 79.2 Å². The number of benzene rings is 3. The number of phenolic OH excluding ortho intramolecular Hbond substituents is 2. The number of carbonyl (C=O) groups excluding carboxylic acids is 1. The van der Waals surface area contributed by atoms with Crippen molar-refractivity contribution in [3.05, 3.63) is 82.4 Å². The maximum atomic E-state index is 13.1. The number of aromatic hydroxyl groups is 2. The van der Waals surface area contributed by atoms with E-state index in [9.17, 15) is 15.0 Å². The van der Waals surface area contributed by atoms with Crippen molar-refractivity contribution < 1.29 is 24.5 Å². The van der Waals surface area contributed by atoms with Crippen LogP contribution in [0.1, 0.15) is 38.7 Å². The number of rotatable bonds is 5. The molecular weight excluding hydrogens is 465 g/mol. The summed E-state index contributed by atoms with van der Waals surface area (Å²) in [5.41, 5.74) is 1.59. The SMILES string of the molecule is CN(CCCl)C(CCl)c1cc(O)cc2c1C1(OC(=O)c3ccccc31)c1ccc(O)cc1O2. The van der Waals surface area contributed by atoms with Gasteiger partial charge >= 0.3 is 5.97 Å². The smallest absolute Gasteiger partial charge is 0.340 e. The van der Waals surface area contributed by atoms with Crippen molar-refractivity contribution in [2.45, 2.75) is 11.6 Å². The second-order valence-electron chi connectivity index (χ2n) is 8.15. The van der Waals surface area contributed by atoms with E-state index < -0.39 is 11.6 Å². The van der Waals surface area contributed by atoms with Crippen molar-refractivity contribution in [1.29, 1.82) is 0 Å². The van der Waals surface area contributed by atoms with Gasteiger partial charge in [0.2, 0.25) is 0 Å². The zero-order valence-electron chi connectivity index (χ0n) is 17.7. The second kappa shape index (κ2) is 8.13. The first kappa shape index (κ1) is 21.9. The van der Waals surface area contributed by atoms with E-state index in [1.807, 2.05) is 24.1 Å². The largest absolute Gasteiger partial charge is 0.508 e. The molecule has 0 saturated heterocycles. The van der Waals surface area contributed by atoms with E-state index in [2.05, 4.69) is 0 Å². The Morgan fingerprint density at radius 1 is 1.00 bits per heavy atom. The molecule has 3 aromatic rings. The molecule has 2 N–H and O–H groups in total. The molecule has 3 aromatic carbocycles. The molecule has 2 aliphatic rings. The van der Waals surface area contributed by atoms with Crippen LogP contribution >= 0.6 is 23.2 Å². The first-order valence-electron chi connectivity index (χ1n) is 10.4. The van der Waals surface area contributed by atoms with Crippen molar-refractivity contribution in [1.82, 2.24) is 4.90 Å². The molecule has 170 valence electrons. The molecule has 6 nitrogen and oxygen atoms in total.